The fraction of sp³-hybridized carbons (Fsp3) is 0.370. The summed E-state index contributed by atoms with van der Waals surface area (Å²) in [5.41, 5.74) is -1.22. The van der Waals surface area contributed by atoms with Crippen molar-refractivity contribution in [2.75, 3.05) is 6.61 Å². The molecule has 9 heteroatoms. The topological polar surface area (TPSA) is 117 Å². The summed E-state index contributed by atoms with van der Waals surface area (Å²) in [5.74, 6) is -0.572. The Morgan fingerprint density at radius 1 is 1.06 bits per heavy atom. The maximum absolute atomic E-state index is 12.4. The number of rotatable bonds is 7. The Morgan fingerprint density at radius 2 is 1.64 bits per heavy atom. The van der Waals surface area contributed by atoms with E-state index in [1.807, 2.05) is 36.4 Å². The average Bonchev–Trinajstić information content (AvgIpc) is 3.15. The number of aliphatic hydroxyl groups is 1. The molecule has 2 heterocycles. The maximum atomic E-state index is 12.4. The monoisotopic (exact) mass is 505 g/mol. The third kappa shape index (κ3) is 4.73. The van der Waals surface area contributed by atoms with Crippen LogP contribution in [0.4, 0.5) is 0 Å². The number of aromatic nitrogens is 2. The van der Waals surface area contributed by atoms with Crippen LogP contribution in [-0.4, -0.2) is 41.8 Å². The highest BCUT2D eigenvalue weighted by Crippen LogP contribution is 2.39. The van der Waals surface area contributed by atoms with Crippen molar-refractivity contribution in [2.45, 2.75) is 50.7 Å². The van der Waals surface area contributed by atoms with Crippen molar-refractivity contribution in [3.8, 4) is 6.07 Å². The van der Waals surface area contributed by atoms with Gasteiger partial charge in [-0.05, 0) is 15.4 Å². The van der Waals surface area contributed by atoms with Crippen LogP contribution >= 0.6 is 0 Å². The molecule has 0 saturated carbocycles. The molecule has 1 saturated heterocycles. The lowest BCUT2D eigenvalue weighted by Crippen LogP contribution is -2.67. The zero-order valence-corrected chi connectivity index (χ0v) is 21.6. The van der Waals surface area contributed by atoms with E-state index in [1.54, 1.807) is 0 Å². The van der Waals surface area contributed by atoms with Crippen molar-refractivity contribution in [1.29, 1.82) is 5.26 Å². The number of ether oxygens (including phenoxy) is 1. The minimum atomic E-state index is -2.87. The number of aliphatic hydroxyl groups excluding tert-OH is 1. The van der Waals surface area contributed by atoms with Crippen molar-refractivity contribution in [2.24, 2.45) is 5.92 Å². The molecule has 4 atom stereocenters. The van der Waals surface area contributed by atoms with Gasteiger partial charge >= 0.3 is 5.69 Å². The molecule has 2 aromatic carbocycles. The molecule has 3 aromatic rings. The Labute approximate surface area is 210 Å². The van der Waals surface area contributed by atoms with Crippen LogP contribution in [0.25, 0.3) is 0 Å². The van der Waals surface area contributed by atoms with Gasteiger partial charge in [-0.25, -0.2) is 4.79 Å². The van der Waals surface area contributed by atoms with E-state index in [-0.39, 0.29) is 18.1 Å². The van der Waals surface area contributed by atoms with E-state index < -0.39 is 43.9 Å². The molecule has 0 aliphatic carbocycles. The number of benzene rings is 2. The van der Waals surface area contributed by atoms with Crippen LogP contribution in [0.2, 0.25) is 5.04 Å². The second-order valence-electron chi connectivity index (χ2n) is 10.1. The van der Waals surface area contributed by atoms with Gasteiger partial charge in [0, 0.05) is 24.6 Å². The summed E-state index contributed by atoms with van der Waals surface area (Å²) in [5, 5.41) is 22.5. The fourth-order valence-electron chi connectivity index (χ4n) is 5.14. The highest BCUT2D eigenvalue weighted by molar-refractivity contribution is 6.99. The van der Waals surface area contributed by atoms with Gasteiger partial charge in [-0.15, -0.1) is 0 Å². The average molecular weight is 506 g/mol. The third-order valence-electron chi connectivity index (χ3n) is 6.86. The highest BCUT2D eigenvalue weighted by atomic mass is 28.4. The first-order valence-electron chi connectivity index (χ1n) is 12.0. The standard InChI is InChI=1S/C27H31N3O5Si/c1-27(2,3)36(19-10-6-4-7-11-19,20-12-8-5-9-13-20)34-18-22-21(14-16-28)24(32)25(35-22)30-17-15-23(31)29-26(30)33/h4-13,15,17,21-22,24-25,32H,14,18H2,1-3H3,(H,29,31,33). The van der Waals surface area contributed by atoms with Gasteiger partial charge in [0.2, 0.25) is 0 Å². The lowest BCUT2D eigenvalue weighted by Gasteiger charge is -2.43. The molecule has 4 rings (SSSR count). The van der Waals surface area contributed by atoms with Crippen molar-refractivity contribution < 1.29 is 14.3 Å². The first-order chi connectivity index (χ1) is 17.2. The molecule has 0 bridgehead atoms. The zero-order chi connectivity index (χ0) is 25.9. The molecule has 0 radical (unpaired) electrons. The molecule has 1 fully saturated rings. The molecule has 4 unspecified atom stereocenters. The van der Waals surface area contributed by atoms with Gasteiger partial charge in [-0.1, -0.05) is 81.4 Å². The SMILES string of the molecule is CC(C)(C)[Si](OCC1OC(n2ccc(=O)[nH]c2=O)C(O)C1CC#N)(c1ccccc1)c1ccccc1. The van der Waals surface area contributed by atoms with Gasteiger partial charge in [-0.3, -0.25) is 14.3 Å². The molecule has 0 spiro atoms. The summed E-state index contributed by atoms with van der Waals surface area (Å²) in [6.45, 7) is 6.63. The maximum Gasteiger partial charge on any atom is 0.330 e. The lowest BCUT2D eigenvalue weighted by molar-refractivity contribution is -0.0515. The van der Waals surface area contributed by atoms with Gasteiger partial charge < -0.3 is 14.3 Å². The normalized spacial score (nSPS) is 22.3. The molecule has 1 aromatic heterocycles. The van der Waals surface area contributed by atoms with Crippen LogP contribution < -0.4 is 21.6 Å². The van der Waals surface area contributed by atoms with E-state index in [9.17, 15) is 20.0 Å². The summed E-state index contributed by atoms with van der Waals surface area (Å²) in [6.07, 6.45) is -1.47. The quantitative estimate of drug-likeness (QED) is 0.474. The number of aromatic amines is 1. The smallest absolute Gasteiger partial charge is 0.330 e. The van der Waals surface area contributed by atoms with E-state index in [0.717, 1.165) is 14.9 Å². The number of hydrogen-bond acceptors (Lipinski definition) is 6. The molecule has 1 aliphatic heterocycles. The van der Waals surface area contributed by atoms with E-state index in [2.05, 4.69) is 56.1 Å². The first kappa shape index (κ1) is 25.8. The first-order valence-corrected chi connectivity index (χ1v) is 13.9. The van der Waals surface area contributed by atoms with Crippen molar-refractivity contribution in [3.63, 3.8) is 0 Å². The van der Waals surface area contributed by atoms with E-state index in [0.29, 0.717) is 0 Å². The molecule has 2 N–H and O–H groups in total. The van der Waals surface area contributed by atoms with Crippen LogP contribution in [-0.2, 0) is 9.16 Å². The molecule has 188 valence electrons. The Bertz CT molecular complexity index is 1290. The number of nitriles is 1. The van der Waals surface area contributed by atoms with Gasteiger partial charge in [0.25, 0.3) is 13.9 Å². The van der Waals surface area contributed by atoms with E-state index >= 15 is 0 Å². The molecule has 0 amide bonds. The second-order valence-corrected chi connectivity index (χ2v) is 14.4. The third-order valence-corrected chi connectivity index (χ3v) is 11.9. The minimum absolute atomic E-state index is 0.0323. The lowest BCUT2D eigenvalue weighted by atomic mass is 9.95. The largest absolute Gasteiger partial charge is 0.405 e. The second kappa shape index (κ2) is 10.4. The van der Waals surface area contributed by atoms with E-state index in [1.165, 1.54) is 12.3 Å². The number of nitrogens with zero attached hydrogens (tertiary/aromatic N) is 2. The predicted octanol–water partition coefficient (Wildman–Crippen LogP) is 1.90. The Kier molecular flexibility index (Phi) is 7.43. The van der Waals surface area contributed by atoms with Crippen molar-refractivity contribution in [3.05, 3.63) is 93.8 Å². The zero-order valence-electron chi connectivity index (χ0n) is 20.6. The van der Waals surface area contributed by atoms with E-state index in [4.69, 9.17) is 9.16 Å². The van der Waals surface area contributed by atoms with Gasteiger partial charge in [0.15, 0.2) is 6.23 Å². The van der Waals surface area contributed by atoms with Crippen LogP contribution in [0.15, 0.2) is 82.5 Å². The van der Waals surface area contributed by atoms with Crippen LogP contribution in [0, 0.1) is 17.2 Å². The molecule has 36 heavy (non-hydrogen) atoms. The fourth-order valence-corrected chi connectivity index (χ4v) is 9.71. The summed E-state index contributed by atoms with van der Waals surface area (Å²) >= 11 is 0. The molecular formula is C27H31N3O5Si. The number of nitrogens with one attached hydrogen (secondary N) is 1. The number of H-pyrrole nitrogens is 1. The number of hydrogen-bond donors (Lipinski definition) is 2. The molecule has 1 aliphatic rings. The Hall–Kier alpha value is -3.29. The Balaban J connectivity index is 1.72. The van der Waals surface area contributed by atoms with Crippen LogP contribution in [0.3, 0.4) is 0 Å². The summed E-state index contributed by atoms with van der Waals surface area (Å²) < 4.78 is 14.3. The molecular weight excluding hydrogens is 474 g/mol. The summed E-state index contributed by atoms with van der Waals surface area (Å²) in [6, 6.07) is 23.6. The van der Waals surface area contributed by atoms with Gasteiger partial charge in [0.1, 0.15) is 6.10 Å². The predicted molar refractivity (Wildman–Crippen MR) is 139 cm³/mol. The minimum Gasteiger partial charge on any atom is -0.405 e. The van der Waals surface area contributed by atoms with Crippen LogP contribution in [0.1, 0.15) is 33.4 Å². The van der Waals surface area contributed by atoms with Gasteiger partial charge in [-0.2, -0.15) is 5.26 Å². The van der Waals surface area contributed by atoms with Crippen molar-refractivity contribution >= 4 is 18.7 Å². The van der Waals surface area contributed by atoms with Crippen LogP contribution in [0.5, 0.6) is 0 Å². The molecule has 8 nitrogen and oxygen atoms in total. The summed E-state index contributed by atoms with van der Waals surface area (Å²) in [4.78, 5) is 26.1. The van der Waals surface area contributed by atoms with Crippen molar-refractivity contribution in [1.82, 2.24) is 9.55 Å². The highest BCUT2D eigenvalue weighted by Gasteiger charge is 2.52. The Morgan fingerprint density at radius 3 is 2.14 bits per heavy atom. The van der Waals surface area contributed by atoms with Gasteiger partial charge in [0.05, 0.1) is 18.8 Å². The summed E-state index contributed by atoms with van der Waals surface area (Å²) in [7, 11) is -2.87.